The lowest BCUT2D eigenvalue weighted by Gasteiger charge is -2.27. The Morgan fingerprint density at radius 3 is 2.67 bits per heavy atom. The van der Waals surface area contributed by atoms with E-state index >= 15 is 0 Å². The Kier molecular flexibility index (Phi) is 3.62. The van der Waals surface area contributed by atoms with E-state index in [1.54, 1.807) is 0 Å². The topological polar surface area (TPSA) is 24.1 Å². The van der Waals surface area contributed by atoms with Gasteiger partial charge in [-0.1, -0.05) is 36.0 Å². The fourth-order valence-electron chi connectivity index (χ4n) is 3.28. The normalized spacial score (nSPS) is 17.7. The number of hydrogen-bond acceptors (Lipinski definition) is 3. The molecule has 3 heteroatoms. The molecule has 1 fully saturated rings. The summed E-state index contributed by atoms with van der Waals surface area (Å²) in [6.07, 6.45) is 3.79. The van der Waals surface area contributed by atoms with E-state index in [1.165, 1.54) is 59.1 Å². The molecule has 2 N–H and O–H groups in total. The van der Waals surface area contributed by atoms with E-state index in [0.717, 1.165) is 5.92 Å². The van der Waals surface area contributed by atoms with Crippen molar-refractivity contribution in [2.45, 2.75) is 29.1 Å². The number of hydrogen-bond donors (Lipinski definition) is 2. The van der Waals surface area contributed by atoms with Gasteiger partial charge < -0.3 is 10.6 Å². The lowest BCUT2D eigenvalue weighted by molar-refractivity contribution is 0.373. The zero-order chi connectivity index (χ0) is 14.1. The molecule has 108 valence electrons. The van der Waals surface area contributed by atoms with Gasteiger partial charge in [0, 0.05) is 9.79 Å². The summed E-state index contributed by atoms with van der Waals surface area (Å²) in [4.78, 5) is 2.68. The van der Waals surface area contributed by atoms with Gasteiger partial charge >= 0.3 is 0 Å². The maximum absolute atomic E-state index is 3.66. The Morgan fingerprint density at radius 2 is 1.76 bits per heavy atom. The first-order valence-electron chi connectivity index (χ1n) is 7.77. The Morgan fingerprint density at radius 1 is 0.952 bits per heavy atom. The summed E-state index contributed by atoms with van der Waals surface area (Å²) in [5.41, 5.74) is 4.05. The monoisotopic (exact) mass is 296 g/mol. The number of anilines is 2. The molecule has 21 heavy (non-hydrogen) atoms. The molecule has 0 aliphatic carbocycles. The molecule has 0 saturated carbocycles. The highest BCUT2D eigenvalue weighted by Gasteiger charge is 2.20. The van der Waals surface area contributed by atoms with Crippen molar-refractivity contribution in [1.82, 2.24) is 5.32 Å². The van der Waals surface area contributed by atoms with Gasteiger partial charge in [0.05, 0.1) is 11.4 Å². The Balaban J connectivity index is 1.63. The van der Waals surface area contributed by atoms with Crippen LogP contribution in [-0.2, 0) is 6.42 Å². The minimum absolute atomic E-state index is 0.821. The van der Waals surface area contributed by atoms with Gasteiger partial charge in [-0.05, 0) is 62.0 Å². The lowest BCUT2D eigenvalue weighted by Crippen LogP contribution is -2.28. The van der Waals surface area contributed by atoms with Crippen LogP contribution < -0.4 is 10.6 Å². The van der Waals surface area contributed by atoms with Gasteiger partial charge in [-0.3, -0.25) is 0 Å². The molecule has 0 amide bonds. The van der Waals surface area contributed by atoms with Crippen LogP contribution in [0.3, 0.4) is 0 Å². The van der Waals surface area contributed by atoms with E-state index in [4.69, 9.17) is 0 Å². The molecule has 2 aliphatic rings. The van der Waals surface area contributed by atoms with Crippen LogP contribution in [-0.4, -0.2) is 13.1 Å². The first kappa shape index (κ1) is 13.2. The Bertz CT molecular complexity index is 647. The minimum atomic E-state index is 0.821. The molecule has 2 aromatic carbocycles. The van der Waals surface area contributed by atoms with Gasteiger partial charge in [0.2, 0.25) is 0 Å². The maximum atomic E-state index is 3.66. The Hall–Kier alpha value is -1.45. The van der Waals surface area contributed by atoms with Crippen LogP contribution in [0.15, 0.2) is 52.3 Å². The second-order valence-electron chi connectivity index (χ2n) is 5.91. The van der Waals surface area contributed by atoms with Gasteiger partial charge in [-0.2, -0.15) is 0 Å². The van der Waals surface area contributed by atoms with Crippen LogP contribution >= 0.6 is 11.8 Å². The fourth-order valence-corrected chi connectivity index (χ4v) is 4.33. The van der Waals surface area contributed by atoms with Crippen molar-refractivity contribution in [3.05, 3.63) is 48.0 Å². The summed E-state index contributed by atoms with van der Waals surface area (Å²) in [5.74, 6) is 0.821. The van der Waals surface area contributed by atoms with Gasteiger partial charge in [0.15, 0.2) is 0 Å². The molecular formula is C18H20N2S. The first-order chi connectivity index (χ1) is 10.4. The molecule has 4 rings (SSSR count). The van der Waals surface area contributed by atoms with E-state index in [2.05, 4.69) is 53.1 Å². The third-order valence-corrected chi connectivity index (χ3v) is 5.58. The second-order valence-corrected chi connectivity index (χ2v) is 6.99. The number of fused-ring (bicyclic) bond motifs is 2. The molecule has 2 aromatic rings. The molecule has 0 radical (unpaired) electrons. The van der Waals surface area contributed by atoms with Gasteiger partial charge in [-0.15, -0.1) is 0 Å². The van der Waals surface area contributed by atoms with Crippen LogP contribution in [0, 0.1) is 5.92 Å². The number of benzene rings is 2. The molecule has 0 bridgehead atoms. The SMILES string of the molecule is c1ccc2c(c1)Nc1c(CC3CCNCC3)cccc1S2. The molecule has 2 aliphatic heterocycles. The quantitative estimate of drug-likeness (QED) is 0.731. The first-order valence-corrected chi connectivity index (χ1v) is 8.58. The van der Waals surface area contributed by atoms with Crippen molar-refractivity contribution >= 4 is 23.1 Å². The van der Waals surface area contributed by atoms with Crippen LogP contribution in [0.1, 0.15) is 18.4 Å². The highest BCUT2D eigenvalue weighted by atomic mass is 32.2. The zero-order valence-electron chi connectivity index (χ0n) is 12.1. The lowest BCUT2D eigenvalue weighted by atomic mass is 9.90. The molecule has 2 nitrogen and oxygen atoms in total. The summed E-state index contributed by atoms with van der Waals surface area (Å²) in [5, 5.41) is 7.12. The van der Waals surface area contributed by atoms with E-state index in [0.29, 0.717) is 0 Å². The van der Waals surface area contributed by atoms with Gasteiger partial charge in [-0.25, -0.2) is 0 Å². The molecule has 1 saturated heterocycles. The van der Waals surface area contributed by atoms with E-state index in [9.17, 15) is 0 Å². The second kappa shape index (κ2) is 5.74. The Labute approximate surface area is 130 Å². The maximum Gasteiger partial charge on any atom is 0.0559 e. The highest BCUT2D eigenvalue weighted by Crippen LogP contribution is 2.45. The largest absolute Gasteiger partial charge is 0.353 e. The predicted molar refractivity (Wildman–Crippen MR) is 89.6 cm³/mol. The molecule has 2 heterocycles. The summed E-state index contributed by atoms with van der Waals surface area (Å²) >= 11 is 1.88. The average Bonchev–Trinajstić information content (AvgIpc) is 2.54. The van der Waals surface area contributed by atoms with Crippen molar-refractivity contribution < 1.29 is 0 Å². The molecule has 0 atom stereocenters. The number of nitrogens with one attached hydrogen (secondary N) is 2. The van der Waals surface area contributed by atoms with Crippen LogP contribution in [0.5, 0.6) is 0 Å². The fraction of sp³-hybridized carbons (Fsp3) is 0.333. The van der Waals surface area contributed by atoms with Gasteiger partial charge in [0.25, 0.3) is 0 Å². The third kappa shape index (κ3) is 2.68. The van der Waals surface area contributed by atoms with E-state index in [-0.39, 0.29) is 0 Å². The van der Waals surface area contributed by atoms with E-state index < -0.39 is 0 Å². The van der Waals surface area contributed by atoms with Crippen molar-refractivity contribution in [1.29, 1.82) is 0 Å². The molecule has 0 unspecified atom stereocenters. The van der Waals surface area contributed by atoms with Crippen molar-refractivity contribution in [2.24, 2.45) is 5.92 Å². The average molecular weight is 296 g/mol. The molecule has 0 aromatic heterocycles. The van der Waals surface area contributed by atoms with Crippen LogP contribution in [0.2, 0.25) is 0 Å². The minimum Gasteiger partial charge on any atom is -0.353 e. The van der Waals surface area contributed by atoms with Crippen molar-refractivity contribution in [2.75, 3.05) is 18.4 Å². The summed E-state index contributed by atoms with van der Waals surface area (Å²) in [7, 11) is 0. The standard InChI is InChI=1S/C18H20N2S/c1-2-6-16-15(5-1)20-18-14(4-3-7-17(18)21-16)12-13-8-10-19-11-9-13/h1-7,13,19-20H,8-12H2. The zero-order valence-corrected chi connectivity index (χ0v) is 12.9. The molecule has 0 spiro atoms. The summed E-state index contributed by atoms with van der Waals surface area (Å²) in [6.45, 7) is 2.34. The predicted octanol–water partition coefficient (Wildman–Crippen LogP) is 4.44. The number of rotatable bonds is 2. The highest BCUT2D eigenvalue weighted by molar-refractivity contribution is 7.99. The van der Waals surface area contributed by atoms with Gasteiger partial charge in [0.1, 0.15) is 0 Å². The summed E-state index contributed by atoms with van der Waals surface area (Å²) < 4.78 is 0. The van der Waals surface area contributed by atoms with Crippen LogP contribution in [0.4, 0.5) is 11.4 Å². The van der Waals surface area contributed by atoms with Crippen LogP contribution in [0.25, 0.3) is 0 Å². The summed E-state index contributed by atoms with van der Waals surface area (Å²) in [6, 6.07) is 15.3. The van der Waals surface area contributed by atoms with Crippen molar-refractivity contribution in [3.8, 4) is 0 Å². The van der Waals surface area contributed by atoms with E-state index in [1.807, 2.05) is 11.8 Å². The smallest absolute Gasteiger partial charge is 0.0559 e. The molecular weight excluding hydrogens is 276 g/mol. The number of para-hydroxylation sites is 2. The number of piperidine rings is 1. The van der Waals surface area contributed by atoms with Crippen molar-refractivity contribution in [3.63, 3.8) is 0 Å². The third-order valence-electron chi connectivity index (χ3n) is 4.45.